The van der Waals surface area contributed by atoms with Crippen molar-refractivity contribution in [1.82, 2.24) is 10.2 Å². The SMILES string of the molecule is C=C(CCl)c1cn[nH]c1-c1ccccc1. The van der Waals surface area contributed by atoms with Gasteiger partial charge in [-0.3, -0.25) is 5.10 Å². The number of H-pyrrole nitrogens is 1. The van der Waals surface area contributed by atoms with Crippen LogP contribution in [0.15, 0.2) is 43.1 Å². The lowest BCUT2D eigenvalue weighted by atomic mass is 10.0. The molecule has 0 aliphatic heterocycles. The van der Waals surface area contributed by atoms with Gasteiger partial charge in [0.15, 0.2) is 0 Å². The van der Waals surface area contributed by atoms with E-state index < -0.39 is 0 Å². The van der Waals surface area contributed by atoms with Gasteiger partial charge < -0.3 is 0 Å². The smallest absolute Gasteiger partial charge is 0.0725 e. The highest BCUT2D eigenvalue weighted by Gasteiger charge is 2.09. The van der Waals surface area contributed by atoms with Crippen LogP contribution in [0.1, 0.15) is 5.56 Å². The van der Waals surface area contributed by atoms with Crippen LogP contribution in [0.2, 0.25) is 0 Å². The van der Waals surface area contributed by atoms with Crippen LogP contribution in [-0.2, 0) is 0 Å². The summed E-state index contributed by atoms with van der Waals surface area (Å²) in [6.45, 7) is 3.91. The second-order valence-corrected chi connectivity index (χ2v) is 3.53. The van der Waals surface area contributed by atoms with Crippen LogP contribution < -0.4 is 0 Å². The van der Waals surface area contributed by atoms with Crippen molar-refractivity contribution in [2.45, 2.75) is 0 Å². The van der Waals surface area contributed by atoms with E-state index in [1.807, 2.05) is 30.3 Å². The van der Waals surface area contributed by atoms with Crippen molar-refractivity contribution in [1.29, 1.82) is 0 Å². The van der Waals surface area contributed by atoms with Gasteiger partial charge in [-0.05, 0) is 5.57 Å². The summed E-state index contributed by atoms with van der Waals surface area (Å²) in [5, 5.41) is 6.99. The van der Waals surface area contributed by atoms with Gasteiger partial charge in [-0.25, -0.2) is 0 Å². The molecule has 2 rings (SSSR count). The quantitative estimate of drug-likeness (QED) is 0.787. The number of aromatic nitrogens is 2. The van der Waals surface area contributed by atoms with Crippen molar-refractivity contribution in [3.63, 3.8) is 0 Å². The van der Waals surface area contributed by atoms with Gasteiger partial charge in [-0.2, -0.15) is 5.10 Å². The fourth-order valence-electron chi connectivity index (χ4n) is 1.45. The zero-order valence-corrected chi connectivity index (χ0v) is 8.96. The molecule has 76 valence electrons. The van der Waals surface area contributed by atoms with Crippen LogP contribution >= 0.6 is 11.6 Å². The second kappa shape index (κ2) is 4.32. The van der Waals surface area contributed by atoms with Crippen molar-refractivity contribution in [2.75, 3.05) is 5.88 Å². The molecule has 0 aliphatic carbocycles. The largest absolute Gasteiger partial charge is 0.277 e. The third-order valence-corrected chi connectivity index (χ3v) is 2.57. The van der Waals surface area contributed by atoms with Crippen LogP contribution in [0, 0.1) is 0 Å². The highest BCUT2D eigenvalue weighted by molar-refractivity contribution is 6.23. The Morgan fingerprint density at radius 3 is 2.73 bits per heavy atom. The highest BCUT2D eigenvalue weighted by Crippen LogP contribution is 2.25. The van der Waals surface area contributed by atoms with Crippen molar-refractivity contribution in [3.8, 4) is 11.3 Å². The molecule has 2 nitrogen and oxygen atoms in total. The number of nitrogens with zero attached hydrogens (tertiary/aromatic N) is 1. The average Bonchev–Trinajstić information content (AvgIpc) is 2.78. The van der Waals surface area contributed by atoms with E-state index in [0.717, 1.165) is 22.4 Å². The minimum Gasteiger partial charge on any atom is -0.277 e. The topological polar surface area (TPSA) is 28.7 Å². The van der Waals surface area contributed by atoms with Crippen LogP contribution in [0.4, 0.5) is 0 Å². The lowest BCUT2D eigenvalue weighted by Gasteiger charge is -2.03. The summed E-state index contributed by atoms with van der Waals surface area (Å²) in [6.07, 6.45) is 1.76. The van der Waals surface area contributed by atoms with Crippen LogP contribution in [0.25, 0.3) is 16.8 Å². The number of halogens is 1. The van der Waals surface area contributed by atoms with Crippen molar-refractivity contribution < 1.29 is 0 Å². The van der Waals surface area contributed by atoms with E-state index >= 15 is 0 Å². The van der Waals surface area contributed by atoms with Crippen LogP contribution in [-0.4, -0.2) is 16.1 Å². The maximum absolute atomic E-state index is 5.76. The van der Waals surface area contributed by atoms with Gasteiger partial charge in [0.25, 0.3) is 0 Å². The standard InChI is InChI=1S/C12H11ClN2/c1-9(7-13)11-8-14-15-12(11)10-5-3-2-4-6-10/h2-6,8H,1,7H2,(H,14,15). The maximum atomic E-state index is 5.76. The summed E-state index contributed by atoms with van der Waals surface area (Å²) in [6, 6.07) is 10.0. The molecule has 1 heterocycles. The monoisotopic (exact) mass is 218 g/mol. The van der Waals surface area contributed by atoms with Gasteiger partial charge in [-0.1, -0.05) is 36.9 Å². The first-order chi connectivity index (χ1) is 7.33. The number of allylic oxidation sites excluding steroid dienone is 1. The molecule has 0 fully saturated rings. The molecule has 0 unspecified atom stereocenters. The number of hydrogen-bond acceptors (Lipinski definition) is 1. The molecule has 0 spiro atoms. The number of aromatic amines is 1. The molecule has 15 heavy (non-hydrogen) atoms. The average molecular weight is 219 g/mol. The van der Waals surface area contributed by atoms with Gasteiger partial charge in [0, 0.05) is 17.0 Å². The van der Waals surface area contributed by atoms with Crippen molar-refractivity contribution >= 4 is 17.2 Å². The Morgan fingerprint density at radius 2 is 2.07 bits per heavy atom. The Bertz CT molecular complexity index is 459. The van der Waals surface area contributed by atoms with E-state index in [2.05, 4.69) is 16.8 Å². The molecule has 0 bridgehead atoms. The van der Waals surface area contributed by atoms with E-state index in [1.165, 1.54) is 0 Å². The van der Waals surface area contributed by atoms with E-state index in [4.69, 9.17) is 11.6 Å². The molecule has 0 radical (unpaired) electrons. The Labute approximate surface area is 93.6 Å². The van der Waals surface area contributed by atoms with Gasteiger partial charge in [0.2, 0.25) is 0 Å². The predicted octanol–water partition coefficient (Wildman–Crippen LogP) is 3.33. The maximum Gasteiger partial charge on any atom is 0.0725 e. The zero-order chi connectivity index (χ0) is 10.7. The minimum absolute atomic E-state index is 0.416. The summed E-state index contributed by atoms with van der Waals surface area (Å²) in [5.41, 5.74) is 3.93. The zero-order valence-electron chi connectivity index (χ0n) is 8.20. The molecule has 2 aromatic rings. The summed E-state index contributed by atoms with van der Waals surface area (Å²) in [4.78, 5) is 0. The van der Waals surface area contributed by atoms with E-state index in [9.17, 15) is 0 Å². The van der Waals surface area contributed by atoms with Gasteiger partial charge in [0.05, 0.1) is 11.9 Å². The van der Waals surface area contributed by atoms with E-state index in [-0.39, 0.29) is 0 Å². The van der Waals surface area contributed by atoms with Gasteiger partial charge in [-0.15, -0.1) is 11.6 Å². The fraction of sp³-hybridized carbons (Fsp3) is 0.0833. The van der Waals surface area contributed by atoms with E-state index in [0.29, 0.717) is 5.88 Å². The Morgan fingerprint density at radius 1 is 1.33 bits per heavy atom. The molecule has 0 aliphatic rings. The molecule has 1 N–H and O–H groups in total. The molecule has 1 aromatic carbocycles. The summed E-state index contributed by atoms with van der Waals surface area (Å²) in [7, 11) is 0. The van der Waals surface area contributed by atoms with Crippen LogP contribution in [0.3, 0.4) is 0 Å². The van der Waals surface area contributed by atoms with Crippen molar-refractivity contribution in [3.05, 3.63) is 48.7 Å². The minimum atomic E-state index is 0.416. The lowest BCUT2D eigenvalue weighted by molar-refractivity contribution is 1.10. The Kier molecular flexibility index (Phi) is 2.88. The normalized spacial score (nSPS) is 10.2. The molecule has 0 amide bonds. The molecular formula is C12H11ClN2. The molecule has 0 atom stereocenters. The number of nitrogens with one attached hydrogen (secondary N) is 1. The number of rotatable bonds is 3. The molecular weight excluding hydrogens is 208 g/mol. The van der Waals surface area contributed by atoms with Crippen molar-refractivity contribution in [2.24, 2.45) is 0 Å². The first kappa shape index (κ1) is 9.99. The molecule has 1 aromatic heterocycles. The Balaban J connectivity index is 2.46. The second-order valence-electron chi connectivity index (χ2n) is 3.26. The van der Waals surface area contributed by atoms with Crippen LogP contribution in [0.5, 0.6) is 0 Å². The summed E-state index contributed by atoms with van der Waals surface area (Å²) in [5.74, 6) is 0.416. The van der Waals surface area contributed by atoms with Gasteiger partial charge >= 0.3 is 0 Å². The molecule has 0 saturated heterocycles. The predicted molar refractivity (Wildman–Crippen MR) is 63.8 cm³/mol. The summed E-state index contributed by atoms with van der Waals surface area (Å²) < 4.78 is 0. The van der Waals surface area contributed by atoms with E-state index in [1.54, 1.807) is 6.20 Å². The number of alkyl halides is 1. The number of benzene rings is 1. The lowest BCUT2D eigenvalue weighted by Crippen LogP contribution is -1.86. The third-order valence-electron chi connectivity index (χ3n) is 2.24. The Hall–Kier alpha value is -1.54. The third kappa shape index (κ3) is 1.95. The fourth-order valence-corrected chi connectivity index (χ4v) is 1.60. The first-order valence-corrected chi connectivity index (χ1v) is 5.19. The van der Waals surface area contributed by atoms with Gasteiger partial charge in [0.1, 0.15) is 0 Å². The molecule has 0 saturated carbocycles. The number of hydrogen-bond donors (Lipinski definition) is 1. The highest BCUT2D eigenvalue weighted by atomic mass is 35.5. The first-order valence-electron chi connectivity index (χ1n) is 4.66. The molecule has 3 heteroatoms. The summed E-state index contributed by atoms with van der Waals surface area (Å²) >= 11 is 5.76.